The molecule has 1 aromatic carbocycles. The van der Waals surface area contributed by atoms with Crippen LogP contribution in [0.25, 0.3) is 0 Å². The second-order valence-electron chi connectivity index (χ2n) is 7.71. The molecule has 2 aliphatic rings. The molecule has 0 saturated carbocycles. The maximum Gasteiger partial charge on any atom is 0.0393 e. The van der Waals surface area contributed by atoms with E-state index in [4.69, 9.17) is 0 Å². The Balaban J connectivity index is 1.55. The first-order chi connectivity index (χ1) is 11.1. The summed E-state index contributed by atoms with van der Waals surface area (Å²) in [5.41, 5.74) is 4.29. The van der Waals surface area contributed by atoms with E-state index < -0.39 is 0 Å². The summed E-state index contributed by atoms with van der Waals surface area (Å²) < 4.78 is 0. The van der Waals surface area contributed by atoms with E-state index in [1.165, 1.54) is 69.7 Å². The van der Waals surface area contributed by atoms with Gasteiger partial charge in [-0.3, -0.25) is 0 Å². The monoisotopic (exact) mass is 315 g/mol. The van der Waals surface area contributed by atoms with Crippen LogP contribution < -0.4 is 10.2 Å². The number of nitrogens with zero attached hydrogens (tertiary/aromatic N) is 2. The fourth-order valence-corrected chi connectivity index (χ4v) is 4.24. The predicted octanol–water partition coefficient (Wildman–Crippen LogP) is 3.24. The molecule has 1 aromatic rings. The number of aryl methyl sites for hydroxylation is 1. The molecular weight excluding hydrogens is 282 g/mol. The molecular formula is C20H33N3. The highest BCUT2D eigenvalue weighted by Gasteiger charge is 2.24. The minimum atomic E-state index is 0.749. The second-order valence-corrected chi connectivity index (χ2v) is 7.71. The van der Waals surface area contributed by atoms with Crippen LogP contribution in [0, 0.1) is 12.8 Å². The molecule has 3 heteroatoms. The first-order valence-electron chi connectivity index (χ1n) is 9.34. The molecule has 0 atom stereocenters. The minimum Gasteiger partial charge on any atom is -0.377 e. The molecule has 2 saturated heterocycles. The Bertz CT molecular complexity index is 498. The highest BCUT2D eigenvalue weighted by atomic mass is 15.1. The summed E-state index contributed by atoms with van der Waals surface area (Å²) in [6.07, 6.45) is 5.37. The molecule has 3 nitrogen and oxygen atoms in total. The molecule has 0 radical (unpaired) electrons. The highest BCUT2D eigenvalue weighted by Crippen LogP contribution is 2.32. The lowest BCUT2D eigenvalue weighted by Gasteiger charge is -2.36. The van der Waals surface area contributed by atoms with Crippen molar-refractivity contribution in [2.45, 2.75) is 38.5 Å². The zero-order valence-corrected chi connectivity index (χ0v) is 15.1. The first kappa shape index (κ1) is 16.8. The normalized spacial score (nSPS) is 21.5. The number of rotatable bonds is 4. The van der Waals surface area contributed by atoms with Crippen molar-refractivity contribution in [3.63, 3.8) is 0 Å². The molecule has 1 N–H and O–H groups in total. The second kappa shape index (κ2) is 7.67. The summed E-state index contributed by atoms with van der Waals surface area (Å²) in [6, 6.07) is 7.07. The summed E-state index contributed by atoms with van der Waals surface area (Å²) in [5, 5.41) is 3.48. The van der Waals surface area contributed by atoms with Crippen LogP contribution in [0.2, 0.25) is 0 Å². The van der Waals surface area contributed by atoms with Crippen LogP contribution in [0.1, 0.15) is 42.7 Å². The Morgan fingerprint density at radius 1 is 1.09 bits per heavy atom. The van der Waals surface area contributed by atoms with Crippen molar-refractivity contribution in [2.75, 3.05) is 51.7 Å². The summed E-state index contributed by atoms with van der Waals surface area (Å²) in [4.78, 5) is 4.96. The number of hydrogen-bond donors (Lipinski definition) is 1. The van der Waals surface area contributed by atoms with Crippen molar-refractivity contribution in [2.24, 2.45) is 5.92 Å². The average molecular weight is 316 g/mol. The molecule has 0 aromatic heterocycles. The molecule has 0 spiro atoms. The lowest BCUT2D eigenvalue weighted by Crippen LogP contribution is -2.39. The van der Waals surface area contributed by atoms with Gasteiger partial charge >= 0.3 is 0 Å². The van der Waals surface area contributed by atoms with Crippen molar-refractivity contribution in [3.8, 4) is 0 Å². The minimum absolute atomic E-state index is 0.749. The Kier molecular flexibility index (Phi) is 5.60. The Morgan fingerprint density at radius 3 is 2.43 bits per heavy atom. The standard InChI is InChI=1S/C20H33N3/c1-16-4-5-19(14-20(16)22(2)3)18-8-12-23(13-9-18)15-17-6-10-21-11-7-17/h4-5,14,17-18,21H,6-13,15H2,1-3H3. The third-order valence-corrected chi connectivity index (χ3v) is 5.75. The van der Waals surface area contributed by atoms with Crippen LogP contribution in [0.3, 0.4) is 0 Å². The third kappa shape index (κ3) is 4.27. The lowest BCUT2D eigenvalue weighted by atomic mass is 9.87. The van der Waals surface area contributed by atoms with Gasteiger partial charge in [0.15, 0.2) is 0 Å². The number of benzene rings is 1. The third-order valence-electron chi connectivity index (χ3n) is 5.75. The van der Waals surface area contributed by atoms with Crippen LogP contribution in [-0.4, -0.2) is 51.7 Å². The van der Waals surface area contributed by atoms with Gasteiger partial charge in [-0.1, -0.05) is 12.1 Å². The zero-order valence-electron chi connectivity index (χ0n) is 15.1. The molecule has 0 unspecified atom stereocenters. The number of nitrogens with one attached hydrogen (secondary N) is 1. The Morgan fingerprint density at radius 2 is 1.78 bits per heavy atom. The zero-order chi connectivity index (χ0) is 16.2. The summed E-state index contributed by atoms with van der Waals surface area (Å²) in [5.74, 6) is 1.67. The van der Waals surface area contributed by atoms with Crippen LogP contribution >= 0.6 is 0 Å². The van der Waals surface area contributed by atoms with Crippen molar-refractivity contribution in [1.29, 1.82) is 0 Å². The topological polar surface area (TPSA) is 18.5 Å². The molecule has 0 bridgehead atoms. The highest BCUT2D eigenvalue weighted by molar-refractivity contribution is 5.54. The summed E-state index contributed by atoms with van der Waals surface area (Å²) in [7, 11) is 4.29. The van der Waals surface area contributed by atoms with E-state index in [9.17, 15) is 0 Å². The Hall–Kier alpha value is -1.06. The van der Waals surface area contributed by atoms with Gasteiger partial charge in [-0.15, -0.1) is 0 Å². The van der Waals surface area contributed by atoms with Crippen molar-refractivity contribution >= 4 is 5.69 Å². The molecule has 23 heavy (non-hydrogen) atoms. The van der Waals surface area contributed by atoms with E-state index in [2.05, 4.69) is 54.3 Å². The summed E-state index contributed by atoms with van der Waals surface area (Å²) in [6.45, 7) is 8.53. The maximum atomic E-state index is 3.48. The molecule has 2 fully saturated rings. The van der Waals surface area contributed by atoms with Gasteiger partial charge in [0.25, 0.3) is 0 Å². The fourth-order valence-electron chi connectivity index (χ4n) is 4.24. The largest absolute Gasteiger partial charge is 0.377 e. The predicted molar refractivity (Wildman–Crippen MR) is 99.5 cm³/mol. The quantitative estimate of drug-likeness (QED) is 0.920. The van der Waals surface area contributed by atoms with E-state index >= 15 is 0 Å². The van der Waals surface area contributed by atoms with Crippen LogP contribution in [-0.2, 0) is 0 Å². The van der Waals surface area contributed by atoms with Gasteiger partial charge in [0.2, 0.25) is 0 Å². The molecule has 128 valence electrons. The van der Waals surface area contributed by atoms with Crippen LogP contribution in [0.4, 0.5) is 5.69 Å². The summed E-state index contributed by atoms with van der Waals surface area (Å²) >= 11 is 0. The van der Waals surface area contributed by atoms with Crippen LogP contribution in [0.5, 0.6) is 0 Å². The SMILES string of the molecule is Cc1ccc(C2CCN(CC3CCNCC3)CC2)cc1N(C)C. The lowest BCUT2D eigenvalue weighted by molar-refractivity contribution is 0.167. The van der Waals surface area contributed by atoms with Crippen LogP contribution in [0.15, 0.2) is 18.2 Å². The molecule has 0 aliphatic carbocycles. The number of piperidine rings is 2. The van der Waals surface area contributed by atoms with Crippen molar-refractivity contribution in [3.05, 3.63) is 29.3 Å². The number of anilines is 1. The van der Waals surface area contributed by atoms with Gasteiger partial charge in [0.05, 0.1) is 0 Å². The molecule has 2 heterocycles. The fraction of sp³-hybridized carbons (Fsp3) is 0.700. The molecule has 0 amide bonds. The average Bonchev–Trinajstić information content (AvgIpc) is 2.57. The molecule has 2 aliphatic heterocycles. The Labute approximate surface area is 142 Å². The van der Waals surface area contributed by atoms with Crippen molar-refractivity contribution < 1.29 is 0 Å². The van der Waals surface area contributed by atoms with Gasteiger partial charge in [-0.05, 0) is 87.8 Å². The van der Waals surface area contributed by atoms with Gasteiger partial charge in [-0.25, -0.2) is 0 Å². The number of likely N-dealkylation sites (tertiary alicyclic amines) is 1. The van der Waals surface area contributed by atoms with E-state index in [0.29, 0.717) is 0 Å². The van der Waals surface area contributed by atoms with Gasteiger partial charge in [-0.2, -0.15) is 0 Å². The van der Waals surface area contributed by atoms with Crippen molar-refractivity contribution in [1.82, 2.24) is 10.2 Å². The van der Waals surface area contributed by atoms with Gasteiger partial charge in [0, 0.05) is 26.3 Å². The van der Waals surface area contributed by atoms with E-state index in [1.807, 2.05) is 0 Å². The van der Waals surface area contributed by atoms with E-state index in [1.54, 1.807) is 5.56 Å². The van der Waals surface area contributed by atoms with E-state index in [-0.39, 0.29) is 0 Å². The first-order valence-corrected chi connectivity index (χ1v) is 9.34. The smallest absolute Gasteiger partial charge is 0.0393 e. The number of hydrogen-bond acceptors (Lipinski definition) is 3. The molecule has 3 rings (SSSR count). The van der Waals surface area contributed by atoms with E-state index in [0.717, 1.165) is 11.8 Å². The van der Waals surface area contributed by atoms with Gasteiger partial charge in [0.1, 0.15) is 0 Å². The maximum absolute atomic E-state index is 3.48. The van der Waals surface area contributed by atoms with Gasteiger partial charge < -0.3 is 15.1 Å².